The summed E-state index contributed by atoms with van der Waals surface area (Å²) in [7, 11) is 0. The Hall–Kier alpha value is -3.16. The number of aromatic nitrogens is 2. The number of esters is 1. The summed E-state index contributed by atoms with van der Waals surface area (Å²) >= 11 is 12.1. The van der Waals surface area contributed by atoms with Gasteiger partial charge in [0.1, 0.15) is 5.75 Å². The van der Waals surface area contributed by atoms with Crippen LogP contribution in [-0.4, -0.2) is 28.2 Å². The van der Waals surface area contributed by atoms with Crippen molar-refractivity contribution in [1.82, 2.24) is 9.55 Å². The fraction of sp³-hybridized carbons (Fsp3) is 0.154. The van der Waals surface area contributed by atoms with Crippen molar-refractivity contribution in [2.75, 3.05) is 6.61 Å². The van der Waals surface area contributed by atoms with E-state index >= 15 is 0 Å². The van der Waals surface area contributed by atoms with E-state index in [9.17, 15) is 4.79 Å². The van der Waals surface area contributed by atoms with E-state index in [4.69, 9.17) is 37.4 Å². The molecule has 6 nitrogen and oxygen atoms in total. The molecule has 34 heavy (non-hydrogen) atoms. The standard InChI is InChI=1S/C26H20Cl2N2O4/c27-21-10-11-23(22(28)14-21)33-25(31)24-15-32-26(34-24,16-30-13-12-29-17-30)20-8-6-19(7-9-20)18-4-2-1-3-5-18/h1-14,17,24H,15-16H2/t24-,26-/m0/s1. The topological polar surface area (TPSA) is 62.6 Å². The molecular weight excluding hydrogens is 475 g/mol. The molecule has 8 heteroatoms. The van der Waals surface area contributed by atoms with Crippen LogP contribution in [0.5, 0.6) is 5.75 Å². The van der Waals surface area contributed by atoms with E-state index in [-0.39, 0.29) is 17.4 Å². The molecule has 1 aromatic heterocycles. The largest absolute Gasteiger partial charge is 0.423 e. The molecule has 0 bridgehead atoms. The molecule has 0 amide bonds. The van der Waals surface area contributed by atoms with Crippen molar-refractivity contribution in [3.05, 3.63) is 107 Å². The zero-order valence-electron chi connectivity index (χ0n) is 17.9. The number of halogens is 2. The van der Waals surface area contributed by atoms with E-state index in [1.54, 1.807) is 24.7 Å². The number of carbonyl (C=O) groups excluding carboxylic acids is 1. The lowest BCUT2D eigenvalue weighted by Crippen LogP contribution is -2.35. The van der Waals surface area contributed by atoms with Crippen LogP contribution in [0.1, 0.15) is 5.56 Å². The smallest absolute Gasteiger partial charge is 0.343 e. The van der Waals surface area contributed by atoms with Gasteiger partial charge in [-0.3, -0.25) is 0 Å². The van der Waals surface area contributed by atoms with Gasteiger partial charge in [-0.25, -0.2) is 9.78 Å². The molecule has 1 aliphatic heterocycles. The van der Waals surface area contributed by atoms with Crippen molar-refractivity contribution in [3.8, 4) is 16.9 Å². The lowest BCUT2D eigenvalue weighted by atomic mass is 10.00. The predicted molar refractivity (Wildman–Crippen MR) is 129 cm³/mol. The van der Waals surface area contributed by atoms with Crippen LogP contribution in [0.2, 0.25) is 10.0 Å². The maximum atomic E-state index is 12.9. The number of carbonyl (C=O) groups is 1. The third kappa shape index (κ3) is 4.72. The van der Waals surface area contributed by atoms with Crippen molar-refractivity contribution in [2.45, 2.75) is 18.4 Å². The highest BCUT2D eigenvalue weighted by atomic mass is 35.5. The van der Waals surface area contributed by atoms with Crippen LogP contribution in [0.15, 0.2) is 91.5 Å². The third-order valence-electron chi connectivity index (χ3n) is 5.55. The minimum atomic E-state index is -1.19. The SMILES string of the molecule is O=C(Oc1ccc(Cl)cc1Cl)[C@@H]1CO[C@](Cn2ccnc2)(c2ccc(-c3ccccc3)cc2)O1. The quantitative estimate of drug-likeness (QED) is 0.253. The highest BCUT2D eigenvalue weighted by Crippen LogP contribution is 2.38. The van der Waals surface area contributed by atoms with Gasteiger partial charge in [0.05, 0.1) is 24.5 Å². The van der Waals surface area contributed by atoms with Crippen LogP contribution in [0.4, 0.5) is 0 Å². The van der Waals surface area contributed by atoms with Crippen LogP contribution in [0.25, 0.3) is 11.1 Å². The Morgan fingerprint density at radius 1 is 1.06 bits per heavy atom. The van der Waals surface area contributed by atoms with E-state index in [1.807, 2.05) is 65.4 Å². The highest BCUT2D eigenvalue weighted by molar-refractivity contribution is 6.35. The summed E-state index contributed by atoms with van der Waals surface area (Å²) in [5.74, 6) is -1.58. The van der Waals surface area contributed by atoms with Gasteiger partial charge in [0.2, 0.25) is 5.79 Å². The molecule has 1 saturated heterocycles. The Bertz CT molecular complexity index is 1280. The summed E-state index contributed by atoms with van der Waals surface area (Å²) in [6, 6.07) is 22.6. The molecule has 2 atom stereocenters. The summed E-state index contributed by atoms with van der Waals surface area (Å²) in [4.78, 5) is 17.0. The number of rotatable bonds is 6. The van der Waals surface area contributed by atoms with Gasteiger partial charge < -0.3 is 18.8 Å². The predicted octanol–water partition coefficient (Wildman–Crippen LogP) is 5.73. The average molecular weight is 495 g/mol. The van der Waals surface area contributed by atoms with Gasteiger partial charge in [-0.05, 0) is 29.3 Å². The maximum Gasteiger partial charge on any atom is 0.343 e. The first-order valence-electron chi connectivity index (χ1n) is 10.6. The lowest BCUT2D eigenvalue weighted by Gasteiger charge is -2.29. The van der Waals surface area contributed by atoms with Crippen LogP contribution in [0.3, 0.4) is 0 Å². The Kier molecular flexibility index (Phi) is 6.39. The van der Waals surface area contributed by atoms with Crippen LogP contribution >= 0.6 is 23.2 Å². The fourth-order valence-corrected chi connectivity index (χ4v) is 4.30. The average Bonchev–Trinajstić information content (AvgIpc) is 3.53. The zero-order valence-corrected chi connectivity index (χ0v) is 19.4. The van der Waals surface area contributed by atoms with Gasteiger partial charge in [-0.1, -0.05) is 77.8 Å². The second kappa shape index (κ2) is 9.60. The molecule has 4 aromatic rings. The summed E-state index contributed by atoms with van der Waals surface area (Å²) in [6.45, 7) is 0.336. The van der Waals surface area contributed by atoms with Gasteiger partial charge in [0, 0.05) is 23.0 Å². The number of benzene rings is 3. The van der Waals surface area contributed by atoms with Gasteiger partial charge in [0.15, 0.2) is 6.10 Å². The Labute approximate surface area is 206 Å². The molecule has 3 aromatic carbocycles. The number of hydrogen-bond donors (Lipinski definition) is 0. The van der Waals surface area contributed by atoms with Crippen LogP contribution < -0.4 is 4.74 Å². The lowest BCUT2D eigenvalue weighted by molar-refractivity contribution is -0.193. The third-order valence-corrected chi connectivity index (χ3v) is 6.08. The first-order chi connectivity index (χ1) is 16.5. The zero-order chi connectivity index (χ0) is 23.5. The Morgan fingerprint density at radius 2 is 1.82 bits per heavy atom. The minimum absolute atomic E-state index is 0.0270. The molecule has 5 rings (SSSR count). The van der Waals surface area contributed by atoms with E-state index in [0.717, 1.165) is 16.7 Å². The van der Waals surface area contributed by atoms with Gasteiger partial charge in [0.25, 0.3) is 0 Å². The molecule has 0 spiro atoms. The van der Waals surface area contributed by atoms with Crippen molar-refractivity contribution in [3.63, 3.8) is 0 Å². The van der Waals surface area contributed by atoms with Crippen LogP contribution in [0, 0.1) is 0 Å². The number of hydrogen-bond acceptors (Lipinski definition) is 5. The highest BCUT2D eigenvalue weighted by Gasteiger charge is 2.47. The number of imidazole rings is 1. The van der Waals surface area contributed by atoms with Gasteiger partial charge in [-0.2, -0.15) is 0 Å². The summed E-state index contributed by atoms with van der Waals surface area (Å²) < 4.78 is 19.7. The van der Waals surface area contributed by atoms with Crippen molar-refractivity contribution in [1.29, 1.82) is 0 Å². The molecule has 0 unspecified atom stereocenters. The minimum Gasteiger partial charge on any atom is -0.423 e. The van der Waals surface area contributed by atoms with Gasteiger partial charge >= 0.3 is 5.97 Å². The normalized spacial score (nSPS) is 19.8. The first-order valence-corrected chi connectivity index (χ1v) is 11.4. The van der Waals surface area contributed by atoms with E-state index in [1.165, 1.54) is 6.07 Å². The fourth-order valence-electron chi connectivity index (χ4n) is 3.85. The molecule has 172 valence electrons. The van der Waals surface area contributed by atoms with Crippen LogP contribution in [-0.2, 0) is 26.6 Å². The summed E-state index contributed by atoms with van der Waals surface area (Å²) in [5, 5.41) is 0.685. The van der Waals surface area contributed by atoms with Crippen molar-refractivity contribution in [2.24, 2.45) is 0 Å². The van der Waals surface area contributed by atoms with Crippen molar-refractivity contribution < 1.29 is 19.0 Å². The molecule has 0 aliphatic carbocycles. The molecular formula is C26H20Cl2N2O4. The molecule has 1 aliphatic rings. The number of nitrogens with zero attached hydrogens (tertiary/aromatic N) is 2. The Balaban J connectivity index is 1.40. The molecule has 0 N–H and O–H groups in total. The maximum absolute atomic E-state index is 12.9. The summed E-state index contributed by atoms with van der Waals surface area (Å²) in [6.07, 6.45) is 4.22. The monoisotopic (exact) mass is 494 g/mol. The molecule has 1 fully saturated rings. The van der Waals surface area contributed by atoms with E-state index in [2.05, 4.69) is 4.98 Å². The molecule has 2 heterocycles. The van der Waals surface area contributed by atoms with E-state index in [0.29, 0.717) is 11.6 Å². The van der Waals surface area contributed by atoms with E-state index < -0.39 is 17.9 Å². The first kappa shape index (κ1) is 22.6. The Morgan fingerprint density at radius 3 is 2.53 bits per heavy atom. The number of ether oxygens (including phenoxy) is 3. The second-order valence-corrected chi connectivity index (χ2v) is 8.69. The second-order valence-electron chi connectivity index (χ2n) is 7.84. The molecule has 0 radical (unpaired) electrons. The van der Waals surface area contributed by atoms with Gasteiger partial charge in [-0.15, -0.1) is 0 Å². The summed E-state index contributed by atoms with van der Waals surface area (Å²) in [5.41, 5.74) is 2.95. The molecule has 0 saturated carbocycles. The van der Waals surface area contributed by atoms with Crippen molar-refractivity contribution >= 4 is 29.2 Å².